The standard InChI is InChI=1S/C17H21N3OS/c18-15-7-2-1-4-12(15)11-16(21)20-14-6-3-5-13(10-14)17-19-8-9-22-17/h3,5-6,8-10,12,15H,1-2,4,7,11,18H2,(H,20,21). The van der Waals surface area contributed by atoms with Crippen LogP contribution in [0, 0.1) is 5.92 Å². The van der Waals surface area contributed by atoms with Crippen molar-refractivity contribution >= 4 is 22.9 Å². The van der Waals surface area contributed by atoms with Crippen LogP contribution in [0.1, 0.15) is 32.1 Å². The monoisotopic (exact) mass is 315 g/mol. The van der Waals surface area contributed by atoms with E-state index >= 15 is 0 Å². The maximum atomic E-state index is 12.2. The Morgan fingerprint density at radius 3 is 3.00 bits per heavy atom. The third-order valence-electron chi connectivity index (χ3n) is 4.24. The number of carbonyl (C=O) groups is 1. The van der Waals surface area contributed by atoms with Gasteiger partial charge in [-0.1, -0.05) is 25.0 Å². The quantitative estimate of drug-likeness (QED) is 0.905. The Morgan fingerprint density at radius 2 is 2.23 bits per heavy atom. The molecule has 0 bridgehead atoms. The van der Waals surface area contributed by atoms with Crippen molar-refractivity contribution in [2.24, 2.45) is 11.7 Å². The molecule has 1 aliphatic rings. The number of thiazole rings is 1. The predicted octanol–water partition coefficient (Wildman–Crippen LogP) is 3.66. The highest BCUT2D eigenvalue weighted by molar-refractivity contribution is 7.13. The van der Waals surface area contributed by atoms with Crippen molar-refractivity contribution in [1.82, 2.24) is 4.98 Å². The molecule has 2 atom stereocenters. The van der Waals surface area contributed by atoms with Crippen LogP contribution in [0.2, 0.25) is 0 Å². The number of hydrogen-bond donors (Lipinski definition) is 2. The van der Waals surface area contributed by atoms with E-state index in [4.69, 9.17) is 5.73 Å². The summed E-state index contributed by atoms with van der Waals surface area (Å²) >= 11 is 1.59. The molecule has 1 aromatic heterocycles. The summed E-state index contributed by atoms with van der Waals surface area (Å²) in [6.45, 7) is 0. The van der Waals surface area contributed by atoms with Gasteiger partial charge in [-0.05, 0) is 30.9 Å². The first-order valence-corrected chi connectivity index (χ1v) is 8.66. The van der Waals surface area contributed by atoms with Crippen LogP contribution in [0.4, 0.5) is 5.69 Å². The number of nitrogens with two attached hydrogens (primary N) is 1. The van der Waals surface area contributed by atoms with Crippen molar-refractivity contribution < 1.29 is 4.79 Å². The zero-order chi connectivity index (χ0) is 15.4. The topological polar surface area (TPSA) is 68.0 Å². The van der Waals surface area contributed by atoms with Crippen LogP contribution < -0.4 is 11.1 Å². The van der Waals surface area contributed by atoms with E-state index in [-0.39, 0.29) is 11.9 Å². The van der Waals surface area contributed by atoms with Gasteiger partial charge in [-0.25, -0.2) is 4.98 Å². The molecule has 0 radical (unpaired) electrons. The van der Waals surface area contributed by atoms with Crippen molar-refractivity contribution in [3.8, 4) is 10.6 Å². The molecule has 5 heteroatoms. The third kappa shape index (κ3) is 3.72. The Hall–Kier alpha value is -1.72. The fraction of sp³-hybridized carbons (Fsp3) is 0.412. The molecule has 0 saturated heterocycles. The normalized spacial score (nSPS) is 21.5. The summed E-state index contributed by atoms with van der Waals surface area (Å²) in [5, 5.41) is 5.91. The van der Waals surface area contributed by atoms with Gasteiger partial charge in [-0.3, -0.25) is 4.79 Å². The SMILES string of the molecule is NC1CCCCC1CC(=O)Nc1cccc(-c2nccs2)c1. The van der Waals surface area contributed by atoms with Gasteiger partial charge < -0.3 is 11.1 Å². The van der Waals surface area contributed by atoms with E-state index < -0.39 is 0 Å². The number of carbonyl (C=O) groups excluding carboxylic acids is 1. The maximum Gasteiger partial charge on any atom is 0.224 e. The smallest absolute Gasteiger partial charge is 0.224 e. The Balaban J connectivity index is 1.63. The lowest BCUT2D eigenvalue weighted by molar-refractivity contribution is -0.117. The van der Waals surface area contributed by atoms with Crippen LogP contribution in [-0.4, -0.2) is 16.9 Å². The highest BCUT2D eigenvalue weighted by atomic mass is 32.1. The van der Waals surface area contributed by atoms with E-state index in [0.717, 1.165) is 29.1 Å². The molecule has 1 heterocycles. The molecule has 4 nitrogen and oxygen atoms in total. The number of nitrogens with zero attached hydrogens (tertiary/aromatic N) is 1. The number of anilines is 1. The van der Waals surface area contributed by atoms with Crippen molar-refractivity contribution in [3.05, 3.63) is 35.8 Å². The summed E-state index contributed by atoms with van der Waals surface area (Å²) in [7, 11) is 0. The molecule has 1 saturated carbocycles. The van der Waals surface area contributed by atoms with Crippen molar-refractivity contribution in [2.75, 3.05) is 5.32 Å². The summed E-state index contributed by atoms with van der Waals surface area (Å²) in [5.41, 5.74) is 7.97. The number of benzene rings is 1. The fourth-order valence-corrected chi connectivity index (χ4v) is 3.67. The van der Waals surface area contributed by atoms with Crippen LogP contribution in [0.25, 0.3) is 10.6 Å². The van der Waals surface area contributed by atoms with E-state index in [1.165, 1.54) is 12.8 Å². The maximum absolute atomic E-state index is 12.2. The van der Waals surface area contributed by atoms with Crippen LogP contribution in [0.5, 0.6) is 0 Å². The first kappa shape index (κ1) is 15.2. The average molecular weight is 315 g/mol. The second kappa shape index (κ2) is 7.03. The molecule has 2 aromatic rings. The van der Waals surface area contributed by atoms with E-state index in [1.807, 2.05) is 29.6 Å². The molecule has 3 N–H and O–H groups in total. The molecule has 22 heavy (non-hydrogen) atoms. The first-order valence-electron chi connectivity index (χ1n) is 7.78. The molecule has 2 unspecified atom stereocenters. The Labute approximate surface area is 134 Å². The Bertz CT molecular complexity index is 627. The van der Waals surface area contributed by atoms with Gasteiger partial charge in [0.1, 0.15) is 5.01 Å². The average Bonchev–Trinajstić information content (AvgIpc) is 3.04. The number of rotatable bonds is 4. The van der Waals surface area contributed by atoms with Gasteiger partial charge in [-0.2, -0.15) is 0 Å². The molecule has 1 aromatic carbocycles. The third-order valence-corrected chi connectivity index (χ3v) is 5.06. The molecule has 0 aliphatic heterocycles. The first-order chi connectivity index (χ1) is 10.7. The van der Waals surface area contributed by atoms with Crippen molar-refractivity contribution in [1.29, 1.82) is 0 Å². The van der Waals surface area contributed by atoms with Crippen LogP contribution in [0.3, 0.4) is 0 Å². The molecular formula is C17H21N3OS. The van der Waals surface area contributed by atoms with Crippen molar-refractivity contribution in [3.63, 3.8) is 0 Å². The van der Waals surface area contributed by atoms with Gasteiger partial charge in [0.25, 0.3) is 0 Å². The lowest BCUT2D eigenvalue weighted by atomic mass is 9.83. The van der Waals surface area contributed by atoms with E-state index in [9.17, 15) is 4.79 Å². The second-order valence-corrected chi connectivity index (χ2v) is 6.77. The van der Waals surface area contributed by atoms with Gasteiger partial charge in [0.05, 0.1) is 0 Å². The molecular weight excluding hydrogens is 294 g/mol. The molecule has 0 spiro atoms. The molecule has 1 amide bonds. The predicted molar refractivity (Wildman–Crippen MR) is 90.7 cm³/mol. The van der Waals surface area contributed by atoms with Gasteiger partial charge in [0.15, 0.2) is 0 Å². The lowest BCUT2D eigenvalue weighted by Gasteiger charge is -2.27. The zero-order valence-electron chi connectivity index (χ0n) is 12.5. The molecule has 3 rings (SSSR count). The Kier molecular flexibility index (Phi) is 4.85. The number of hydrogen-bond acceptors (Lipinski definition) is 4. The minimum Gasteiger partial charge on any atom is -0.327 e. The van der Waals surface area contributed by atoms with Gasteiger partial charge in [-0.15, -0.1) is 11.3 Å². The second-order valence-electron chi connectivity index (χ2n) is 5.88. The summed E-state index contributed by atoms with van der Waals surface area (Å²) in [4.78, 5) is 16.5. The Morgan fingerprint density at radius 1 is 1.36 bits per heavy atom. The molecule has 1 aliphatic carbocycles. The summed E-state index contributed by atoms with van der Waals surface area (Å²) in [6, 6.07) is 8.00. The number of aromatic nitrogens is 1. The highest BCUT2D eigenvalue weighted by Crippen LogP contribution is 2.27. The molecule has 116 valence electrons. The lowest BCUT2D eigenvalue weighted by Crippen LogP contribution is -2.35. The van der Waals surface area contributed by atoms with Crippen LogP contribution >= 0.6 is 11.3 Å². The minimum absolute atomic E-state index is 0.0543. The van der Waals surface area contributed by atoms with Gasteiger partial charge in [0.2, 0.25) is 5.91 Å². The largest absolute Gasteiger partial charge is 0.327 e. The van der Waals surface area contributed by atoms with Crippen molar-refractivity contribution in [2.45, 2.75) is 38.1 Å². The summed E-state index contributed by atoms with van der Waals surface area (Å²) < 4.78 is 0. The summed E-state index contributed by atoms with van der Waals surface area (Å²) in [5.74, 6) is 0.370. The highest BCUT2D eigenvalue weighted by Gasteiger charge is 2.24. The minimum atomic E-state index is 0.0543. The van der Waals surface area contributed by atoms with Gasteiger partial charge in [0, 0.05) is 35.3 Å². The number of amides is 1. The fourth-order valence-electron chi connectivity index (χ4n) is 3.04. The zero-order valence-corrected chi connectivity index (χ0v) is 13.3. The van der Waals surface area contributed by atoms with E-state index in [2.05, 4.69) is 10.3 Å². The van der Waals surface area contributed by atoms with E-state index in [0.29, 0.717) is 12.3 Å². The van der Waals surface area contributed by atoms with Gasteiger partial charge >= 0.3 is 0 Å². The van der Waals surface area contributed by atoms with E-state index in [1.54, 1.807) is 17.5 Å². The van der Waals surface area contributed by atoms with Crippen LogP contribution in [0.15, 0.2) is 35.8 Å². The van der Waals surface area contributed by atoms with Crippen LogP contribution in [-0.2, 0) is 4.79 Å². The summed E-state index contributed by atoms with van der Waals surface area (Å²) in [6.07, 6.45) is 6.78. The molecule has 1 fully saturated rings. The number of nitrogens with one attached hydrogen (secondary N) is 1.